The van der Waals surface area contributed by atoms with Gasteiger partial charge in [0.15, 0.2) is 0 Å². The van der Waals surface area contributed by atoms with E-state index in [9.17, 15) is 5.11 Å². The van der Waals surface area contributed by atoms with Crippen LogP contribution in [0.5, 0.6) is 0 Å². The van der Waals surface area contributed by atoms with Gasteiger partial charge in [-0.3, -0.25) is 5.43 Å². The molecule has 0 unspecified atom stereocenters. The van der Waals surface area contributed by atoms with Gasteiger partial charge in [0.1, 0.15) is 0 Å². The molecule has 1 fully saturated rings. The van der Waals surface area contributed by atoms with Gasteiger partial charge in [-0.2, -0.15) is 15.0 Å². The van der Waals surface area contributed by atoms with Crippen molar-refractivity contribution in [2.24, 2.45) is 5.84 Å². The Morgan fingerprint density at radius 1 is 1.20 bits per heavy atom. The number of hydrogen-bond donors (Lipinski definition) is 3. The zero-order valence-electron chi connectivity index (χ0n) is 12.1. The van der Waals surface area contributed by atoms with Gasteiger partial charge in [0.2, 0.25) is 17.8 Å². The van der Waals surface area contributed by atoms with Crippen LogP contribution in [0, 0.1) is 0 Å². The molecule has 2 rings (SSSR count). The van der Waals surface area contributed by atoms with Gasteiger partial charge in [-0.1, -0.05) is 12.8 Å². The first-order valence-electron chi connectivity index (χ1n) is 6.93. The van der Waals surface area contributed by atoms with Crippen molar-refractivity contribution in [3.05, 3.63) is 0 Å². The molecule has 4 N–H and O–H groups in total. The Morgan fingerprint density at radius 2 is 1.85 bits per heavy atom. The van der Waals surface area contributed by atoms with Crippen LogP contribution in [0.25, 0.3) is 0 Å². The molecule has 0 bridgehead atoms. The van der Waals surface area contributed by atoms with Crippen LogP contribution in [-0.2, 0) is 0 Å². The summed E-state index contributed by atoms with van der Waals surface area (Å²) in [5, 5.41) is 9.30. The standard InChI is InChI=1S/C12H23N7O/c1-18(2)11-14-10(17-13)15-12(16-11)19(7-8-20)9-5-3-4-6-9/h9,20H,3-8,13H2,1-2H3,(H,14,15,16,17). The minimum absolute atomic E-state index is 0.0743. The minimum Gasteiger partial charge on any atom is -0.395 e. The van der Waals surface area contributed by atoms with Crippen LogP contribution < -0.4 is 21.1 Å². The summed E-state index contributed by atoms with van der Waals surface area (Å²) in [6.07, 6.45) is 4.63. The van der Waals surface area contributed by atoms with E-state index in [2.05, 4.69) is 25.3 Å². The highest BCUT2D eigenvalue weighted by atomic mass is 16.3. The second kappa shape index (κ2) is 6.67. The topological polar surface area (TPSA) is 103 Å². The molecule has 0 saturated heterocycles. The number of aliphatic hydroxyl groups is 1. The van der Waals surface area contributed by atoms with Crippen LogP contribution in [0.4, 0.5) is 17.8 Å². The maximum atomic E-state index is 9.30. The molecule has 1 aliphatic rings. The Morgan fingerprint density at radius 3 is 2.40 bits per heavy atom. The highest BCUT2D eigenvalue weighted by molar-refractivity contribution is 5.44. The number of nitrogens with one attached hydrogen (secondary N) is 1. The molecule has 1 aliphatic carbocycles. The zero-order valence-corrected chi connectivity index (χ0v) is 12.1. The van der Waals surface area contributed by atoms with Gasteiger partial charge in [-0.25, -0.2) is 5.84 Å². The summed E-state index contributed by atoms with van der Waals surface area (Å²) in [4.78, 5) is 16.9. The minimum atomic E-state index is 0.0743. The molecule has 1 heterocycles. The number of nitrogen functional groups attached to an aromatic ring is 1. The average Bonchev–Trinajstić information content (AvgIpc) is 2.98. The van der Waals surface area contributed by atoms with Crippen molar-refractivity contribution in [2.45, 2.75) is 31.7 Å². The number of aromatic nitrogens is 3. The predicted octanol–water partition coefficient (Wildman–Crippen LogP) is -0.0355. The Labute approximate surface area is 119 Å². The molecule has 0 aromatic carbocycles. The Balaban J connectivity index is 2.32. The van der Waals surface area contributed by atoms with Crippen molar-refractivity contribution < 1.29 is 5.11 Å². The van der Waals surface area contributed by atoms with Crippen LogP contribution >= 0.6 is 0 Å². The molecule has 20 heavy (non-hydrogen) atoms. The Hall–Kier alpha value is -1.67. The first kappa shape index (κ1) is 14.7. The number of anilines is 3. The van der Waals surface area contributed by atoms with Gasteiger partial charge in [0, 0.05) is 26.7 Å². The predicted molar refractivity (Wildman–Crippen MR) is 78.7 cm³/mol. The highest BCUT2D eigenvalue weighted by Crippen LogP contribution is 2.27. The zero-order chi connectivity index (χ0) is 14.5. The molecular formula is C12H23N7O. The van der Waals surface area contributed by atoms with Crippen LogP contribution in [-0.4, -0.2) is 53.3 Å². The van der Waals surface area contributed by atoms with E-state index in [1.807, 2.05) is 14.1 Å². The smallest absolute Gasteiger partial charge is 0.243 e. The van der Waals surface area contributed by atoms with Gasteiger partial charge in [-0.15, -0.1) is 0 Å². The van der Waals surface area contributed by atoms with Gasteiger partial charge < -0.3 is 14.9 Å². The van der Waals surface area contributed by atoms with Crippen molar-refractivity contribution in [3.8, 4) is 0 Å². The Bertz CT molecular complexity index is 434. The third kappa shape index (κ3) is 3.26. The summed E-state index contributed by atoms with van der Waals surface area (Å²) in [6.45, 7) is 0.594. The highest BCUT2D eigenvalue weighted by Gasteiger charge is 2.25. The van der Waals surface area contributed by atoms with Crippen molar-refractivity contribution >= 4 is 17.8 Å². The van der Waals surface area contributed by atoms with Crippen molar-refractivity contribution in [1.29, 1.82) is 0 Å². The first-order chi connectivity index (χ1) is 9.65. The van der Waals surface area contributed by atoms with Crippen molar-refractivity contribution in [1.82, 2.24) is 15.0 Å². The number of nitrogens with zero attached hydrogens (tertiary/aromatic N) is 5. The molecule has 0 spiro atoms. The largest absolute Gasteiger partial charge is 0.395 e. The maximum absolute atomic E-state index is 9.30. The van der Waals surface area contributed by atoms with E-state index in [0.29, 0.717) is 30.4 Å². The van der Waals surface area contributed by atoms with Crippen LogP contribution in [0.15, 0.2) is 0 Å². The second-order valence-corrected chi connectivity index (χ2v) is 5.15. The third-order valence-electron chi connectivity index (χ3n) is 3.50. The first-order valence-corrected chi connectivity index (χ1v) is 6.93. The second-order valence-electron chi connectivity index (χ2n) is 5.15. The number of nitrogens with two attached hydrogens (primary N) is 1. The van der Waals surface area contributed by atoms with Crippen molar-refractivity contribution in [2.75, 3.05) is 42.5 Å². The lowest BCUT2D eigenvalue weighted by Crippen LogP contribution is -2.37. The maximum Gasteiger partial charge on any atom is 0.243 e. The number of rotatable bonds is 6. The molecule has 8 nitrogen and oxygen atoms in total. The fraction of sp³-hybridized carbons (Fsp3) is 0.750. The summed E-state index contributed by atoms with van der Waals surface area (Å²) < 4.78 is 0. The van der Waals surface area contributed by atoms with Gasteiger partial charge in [-0.05, 0) is 12.8 Å². The van der Waals surface area contributed by atoms with E-state index in [4.69, 9.17) is 5.84 Å². The molecule has 1 aromatic rings. The summed E-state index contributed by atoms with van der Waals surface area (Å²) in [6, 6.07) is 0.380. The van der Waals surface area contributed by atoms with E-state index >= 15 is 0 Å². The molecule has 1 saturated carbocycles. The molecule has 1 aromatic heterocycles. The summed E-state index contributed by atoms with van der Waals surface area (Å²) in [5.74, 6) is 6.87. The van der Waals surface area contributed by atoms with Crippen LogP contribution in [0.3, 0.4) is 0 Å². The number of aliphatic hydroxyl groups excluding tert-OH is 1. The molecule has 0 radical (unpaired) electrons. The van der Waals surface area contributed by atoms with Crippen LogP contribution in [0.2, 0.25) is 0 Å². The lowest BCUT2D eigenvalue weighted by molar-refractivity contribution is 0.296. The average molecular weight is 281 g/mol. The fourth-order valence-electron chi connectivity index (χ4n) is 2.52. The fourth-order valence-corrected chi connectivity index (χ4v) is 2.52. The van der Waals surface area contributed by atoms with Crippen LogP contribution in [0.1, 0.15) is 25.7 Å². The van der Waals surface area contributed by atoms with Gasteiger partial charge >= 0.3 is 0 Å². The van der Waals surface area contributed by atoms with Crippen molar-refractivity contribution in [3.63, 3.8) is 0 Å². The lowest BCUT2D eigenvalue weighted by atomic mass is 10.2. The van der Waals surface area contributed by atoms with Gasteiger partial charge in [0.05, 0.1) is 6.61 Å². The van der Waals surface area contributed by atoms with E-state index in [-0.39, 0.29) is 6.61 Å². The summed E-state index contributed by atoms with van der Waals surface area (Å²) in [7, 11) is 3.73. The molecule has 8 heteroatoms. The summed E-state index contributed by atoms with van der Waals surface area (Å²) >= 11 is 0. The van der Waals surface area contributed by atoms with E-state index in [1.165, 1.54) is 12.8 Å². The van der Waals surface area contributed by atoms with E-state index in [0.717, 1.165) is 12.8 Å². The summed E-state index contributed by atoms with van der Waals surface area (Å²) in [5.41, 5.74) is 2.47. The number of hydrogen-bond acceptors (Lipinski definition) is 8. The van der Waals surface area contributed by atoms with Gasteiger partial charge in [0.25, 0.3) is 0 Å². The number of hydrazine groups is 1. The molecule has 0 aliphatic heterocycles. The lowest BCUT2D eigenvalue weighted by Gasteiger charge is -2.29. The molecule has 112 valence electrons. The SMILES string of the molecule is CN(C)c1nc(NN)nc(N(CCO)C2CCCC2)n1. The van der Waals surface area contributed by atoms with E-state index < -0.39 is 0 Å². The molecular weight excluding hydrogens is 258 g/mol. The molecule has 0 atom stereocenters. The third-order valence-corrected chi connectivity index (χ3v) is 3.50. The monoisotopic (exact) mass is 281 g/mol. The normalized spacial score (nSPS) is 15.4. The Kier molecular flexibility index (Phi) is 4.91. The quantitative estimate of drug-likeness (QED) is 0.493. The van der Waals surface area contributed by atoms with E-state index in [1.54, 1.807) is 4.90 Å². The molecule has 0 amide bonds.